The lowest BCUT2D eigenvalue weighted by atomic mass is 9.92. The highest BCUT2D eigenvalue weighted by molar-refractivity contribution is 7.17. The fourth-order valence-corrected chi connectivity index (χ4v) is 4.34. The van der Waals surface area contributed by atoms with E-state index in [9.17, 15) is 9.90 Å². The molecular weight excluding hydrogens is 488 g/mol. The number of halogens is 1. The molecule has 8 nitrogen and oxygen atoms in total. The number of benzene rings is 2. The van der Waals surface area contributed by atoms with Crippen LogP contribution in [-0.2, 0) is 6.61 Å². The molecule has 1 aliphatic rings. The maximum atomic E-state index is 13.1. The smallest absolute Gasteiger partial charge is 0.296 e. The van der Waals surface area contributed by atoms with E-state index in [2.05, 4.69) is 20.5 Å². The van der Waals surface area contributed by atoms with Crippen LogP contribution in [0.2, 0.25) is 5.02 Å². The summed E-state index contributed by atoms with van der Waals surface area (Å²) < 4.78 is 11.7. The average molecular weight is 509 g/mol. The van der Waals surface area contributed by atoms with E-state index in [-0.39, 0.29) is 18.1 Å². The van der Waals surface area contributed by atoms with Crippen molar-refractivity contribution in [1.82, 2.24) is 15.2 Å². The van der Waals surface area contributed by atoms with Crippen LogP contribution in [0.1, 0.15) is 28.8 Å². The molecule has 0 spiro atoms. The number of hydrogen-bond donors (Lipinski definition) is 2. The Labute approximate surface area is 210 Å². The molecule has 1 fully saturated rings. The van der Waals surface area contributed by atoms with Gasteiger partial charge in [-0.25, -0.2) is 0 Å². The molecule has 4 aromatic rings. The molecule has 2 aromatic carbocycles. The third-order valence-electron chi connectivity index (χ3n) is 5.51. The second-order valence-electron chi connectivity index (χ2n) is 8.02. The summed E-state index contributed by atoms with van der Waals surface area (Å²) in [4.78, 5) is 17.4. The Morgan fingerprint density at radius 3 is 2.69 bits per heavy atom. The van der Waals surface area contributed by atoms with Gasteiger partial charge < -0.3 is 14.6 Å². The molecule has 1 amide bonds. The van der Waals surface area contributed by atoms with E-state index in [1.165, 1.54) is 0 Å². The zero-order valence-corrected chi connectivity index (χ0v) is 20.0. The summed E-state index contributed by atoms with van der Waals surface area (Å²) in [7, 11) is 0. The number of hydrogen-bond acceptors (Lipinski definition) is 8. The topological polar surface area (TPSA) is 106 Å². The van der Waals surface area contributed by atoms with Crippen molar-refractivity contribution in [2.24, 2.45) is 0 Å². The lowest BCUT2D eigenvalue weighted by Gasteiger charge is -2.32. The molecule has 0 unspecified atom stereocenters. The molecule has 0 atom stereocenters. The van der Waals surface area contributed by atoms with Crippen molar-refractivity contribution in [3.05, 3.63) is 83.1 Å². The summed E-state index contributed by atoms with van der Waals surface area (Å²) in [6.07, 6.45) is 4.01. The van der Waals surface area contributed by atoms with Gasteiger partial charge in [0.25, 0.3) is 11.1 Å². The predicted molar refractivity (Wildman–Crippen MR) is 133 cm³/mol. The first-order valence-corrected chi connectivity index (χ1v) is 12.1. The van der Waals surface area contributed by atoms with Gasteiger partial charge in [0, 0.05) is 41.4 Å². The minimum Gasteiger partial charge on any atom is -0.490 e. The van der Waals surface area contributed by atoms with E-state index in [0.717, 1.165) is 22.5 Å². The first kappa shape index (κ1) is 23.2. The molecule has 1 aliphatic carbocycles. The number of aliphatic hydroxyl groups is 1. The number of carbonyl (C=O) groups excluding carboxylic acids is 1. The number of rotatable bonds is 8. The van der Waals surface area contributed by atoms with Crippen LogP contribution in [0.25, 0.3) is 11.1 Å². The SMILES string of the molecule is O=C(Nc1nnc(OCc2ccc(Cl)cc2)s1)c1ccncc1-c1ccccc1OC1CC(O)C1. The first-order valence-electron chi connectivity index (χ1n) is 11.0. The Kier molecular flexibility index (Phi) is 6.89. The van der Waals surface area contributed by atoms with Crippen LogP contribution in [0.4, 0.5) is 5.13 Å². The van der Waals surface area contributed by atoms with Crippen molar-refractivity contribution in [3.8, 4) is 22.1 Å². The quantitative estimate of drug-likeness (QED) is 0.345. The second kappa shape index (κ2) is 10.4. The van der Waals surface area contributed by atoms with Crippen LogP contribution < -0.4 is 14.8 Å². The number of anilines is 1. The zero-order chi connectivity index (χ0) is 24.2. The van der Waals surface area contributed by atoms with Crippen LogP contribution in [0.15, 0.2) is 67.0 Å². The molecule has 0 aliphatic heterocycles. The van der Waals surface area contributed by atoms with Gasteiger partial charge in [-0.2, -0.15) is 0 Å². The van der Waals surface area contributed by atoms with Crippen LogP contribution in [0.3, 0.4) is 0 Å². The number of ether oxygens (including phenoxy) is 2. The number of aliphatic hydroxyl groups excluding tert-OH is 1. The molecule has 1 saturated carbocycles. The van der Waals surface area contributed by atoms with Gasteiger partial charge in [0.1, 0.15) is 18.5 Å². The van der Waals surface area contributed by atoms with E-state index >= 15 is 0 Å². The van der Waals surface area contributed by atoms with Gasteiger partial charge in [0.2, 0.25) is 5.13 Å². The number of carbonyl (C=O) groups is 1. The normalized spacial score (nSPS) is 16.9. The highest BCUT2D eigenvalue weighted by Crippen LogP contribution is 2.35. The van der Waals surface area contributed by atoms with Gasteiger partial charge in [-0.3, -0.25) is 15.1 Å². The van der Waals surface area contributed by atoms with Gasteiger partial charge >= 0.3 is 0 Å². The Hall–Kier alpha value is -3.53. The van der Waals surface area contributed by atoms with Gasteiger partial charge in [-0.05, 0) is 41.2 Å². The fraction of sp³-hybridized carbons (Fsp3) is 0.200. The summed E-state index contributed by atoms with van der Waals surface area (Å²) in [5.41, 5.74) is 2.73. The highest BCUT2D eigenvalue weighted by atomic mass is 35.5. The summed E-state index contributed by atoms with van der Waals surface area (Å²) in [5, 5.41) is 21.7. The van der Waals surface area contributed by atoms with Crippen molar-refractivity contribution < 1.29 is 19.4 Å². The molecule has 0 radical (unpaired) electrons. The fourth-order valence-electron chi connectivity index (χ4n) is 3.62. The summed E-state index contributed by atoms with van der Waals surface area (Å²) in [6.45, 7) is 0.309. The van der Waals surface area contributed by atoms with E-state index in [0.29, 0.717) is 51.7 Å². The lowest BCUT2D eigenvalue weighted by Crippen LogP contribution is -2.37. The zero-order valence-electron chi connectivity index (χ0n) is 18.4. The number of amides is 1. The number of nitrogens with zero attached hydrogens (tertiary/aromatic N) is 3. The van der Waals surface area contributed by atoms with Gasteiger partial charge in [-0.15, -0.1) is 5.10 Å². The van der Waals surface area contributed by atoms with Crippen molar-refractivity contribution in [2.75, 3.05) is 5.32 Å². The average Bonchev–Trinajstić information content (AvgIpc) is 3.30. The van der Waals surface area contributed by atoms with E-state index in [1.54, 1.807) is 30.6 Å². The molecule has 2 aromatic heterocycles. The molecule has 5 rings (SSSR count). The minimum absolute atomic E-state index is 0.0483. The van der Waals surface area contributed by atoms with Crippen LogP contribution >= 0.6 is 22.9 Å². The third kappa shape index (κ3) is 5.59. The molecule has 0 bridgehead atoms. The highest BCUT2D eigenvalue weighted by Gasteiger charge is 2.30. The molecule has 35 heavy (non-hydrogen) atoms. The van der Waals surface area contributed by atoms with Crippen molar-refractivity contribution in [3.63, 3.8) is 0 Å². The Bertz CT molecular complexity index is 1330. The van der Waals surface area contributed by atoms with Crippen LogP contribution in [0, 0.1) is 0 Å². The predicted octanol–water partition coefficient (Wildman–Crippen LogP) is 4.99. The number of nitrogens with one attached hydrogen (secondary N) is 1. The van der Waals surface area contributed by atoms with E-state index in [4.69, 9.17) is 21.1 Å². The monoisotopic (exact) mass is 508 g/mol. The lowest BCUT2D eigenvalue weighted by molar-refractivity contribution is -0.0105. The Morgan fingerprint density at radius 1 is 1.09 bits per heavy atom. The number of para-hydroxylation sites is 1. The van der Waals surface area contributed by atoms with E-state index < -0.39 is 0 Å². The maximum Gasteiger partial charge on any atom is 0.296 e. The van der Waals surface area contributed by atoms with Crippen LogP contribution in [0.5, 0.6) is 10.9 Å². The first-order chi connectivity index (χ1) is 17.0. The Balaban J connectivity index is 1.29. The summed E-state index contributed by atoms with van der Waals surface area (Å²) >= 11 is 7.04. The molecular formula is C25H21ClN4O4S. The summed E-state index contributed by atoms with van der Waals surface area (Å²) in [5.74, 6) is 0.289. The van der Waals surface area contributed by atoms with Gasteiger partial charge in [-0.1, -0.05) is 47.0 Å². The second-order valence-corrected chi connectivity index (χ2v) is 9.40. The van der Waals surface area contributed by atoms with E-state index in [1.807, 2.05) is 36.4 Å². The molecule has 0 saturated heterocycles. The summed E-state index contributed by atoms with van der Waals surface area (Å²) in [6, 6.07) is 16.4. The van der Waals surface area contributed by atoms with Crippen molar-refractivity contribution >= 4 is 34.0 Å². The van der Waals surface area contributed by atoms with Gasteiger partial charge in [0.15, 0.2) is 0 Å². The molecule has 10 heteroatoms. The van der Waals surface area contributed by atoms with Crippen LogP contribution in [-0.4, -0.2) is 38.4 Å². The molecule has 178 valence electrons. The van der Waals surface area contributed by atoms with Crippen molar-refractivity contribution in [2.45, 2.75) is 31.7 Å². The molecule has 2 N–H and O–H groups in total. The largest absolute Gasteiger partial charge is 0.490 e. The minimum atomic E-state index is -0.350. The number of aromatic nitrogens is 3. The number of pyridine rings is 1. The van der Waals surface area contributed by atoms with Gasteiger partial charge in [0.05, 0.1) is 11.7 Å². The Morgan fingerprint density at radius 2 is 1.89 bits per heavy atom. The standard InChI is InChI=1S/C25H21ClN4O4S/c26-16-7-5-15(6-8-16)14-33-25-30-29-24(35-25)28-23(32)20-9-10-27-13-21(20)19-3-1-2-4-22(19)34-18-11-17(31)12-18/h1-10,13,17-18,31H,11-12,14H2,(H,28,29,32). The van der Waals surface area contributed by atoms with Crippen molar-refractivity contribution in [1.29, 1.82) is 0 Å². The third-order valence-corrected chi connectivity index (χ3v) is 6.51. The maximum absolute atomic E-state index is 13.1. The molecule has 2 heterocycles.